The van der Waals surface area contributed by atoms with Gasteiger partial charge in [0.15, 0.2) is 10.9 Å². The van der Waals surface area contributed by atoms with Gasteiger partial charge in [-0.15, -0.1) is 22.7 Å². The summed E-state index contributed by atoms with van der Waals surface area (Å²) in [5.74, 6) is 0.0454. The molecule has 0 aliphatic heterocycles. The van der Waals surface area contributed by atoms with E-state index in [2.05, 4.69) is 15.6 Å². The number of hydrogen-bond donors (Lipinski definition) is 0. The molecule has 21 heavy (non-hydrogen) atoms. The predicted molar refractivity (Wildman–Crippen MR) is 88.6 cm³/mol. The van der Waals surface area contributed by atoms with Crippen LogP contribution in [-0.4, -0.2) is 15.3 Å². The van der Waals surface area contributed by atoms with Crippen molar-refractivity contribution in [2.75, 3.05) is 0 Å². The number of thiophene rings is 1. The quantitative estimate of drug-likeness (QED) is 0.524. The number of aromatic nitrogens is 2. The number of hydrogen-bond acceptors (Lipinski definition) is 4. The van der Waals surface area contributed by atoms with Gasteiger partial charge in [-0.2, -0.15) is 0 Å². The van der Waals surface area contributed by atoms with Crippen molar-refractivity contribution in [3.63, 3.8) is 0 Å². The summed E-state index contributed by atoms with van der Waals surface area (Å²) in [5, 5.41) is 4.83. The Morgan fingerprint density at radius 2 is 2.14 bits per heavy atom. The third kappa shape index (κ3) is 2.75. The standard InChI is InChI=1S/C16H14N2OS2/c1-11-10-13(5-6-14(19)15-4-3-8-20-15)12(2)18(11)16-17-7-9-21-16/h3-10H,1-2H3/b6-5+. The first-order chi connectivity index (χ1) is 10.2. The predicted octanol–water partition coefficient (Wildman–Crippen LogP) is 4.51. The van der Waals surface area contributed by atoms with Gasteiger partial charge in [0, 0.05) is 23.0 Å². The molecule has 0 aromatic carbocycles. The average molecular weight is 314 g/mol. The van der Waals surface area contributed by atoms with Crippen molar-refractivity contribution < 1.29 is 4.79 Å². The van der Waals surface area contributed by atoms with E-state index < -0.39 is 0 Å². The Morgan fingerprint density at radius 1 is 1.29 bits per heavy atom. The van der Waals surface area contributed by atoms with E-state index in [1.807, 2.05) is 42.8 Å². The monoisotopic (exact) mass is 314 g/mol. The third-order valence-electron chi connectivity index (χ3n) is 3.26. The summed E-state index contributed by atoms with van der Waals surface area (Å²) in [6, 6.07) is 5.81. The average Bonchev–Trinajstić information content (AvgIpc) is 3.17. The van der Waals surface area contributed by atoms with Crippen LogP contribution < -0.4 is 0 Å². The molecule has 0 aliphatic rings. The smallest absolute Gasteiger partial charge is 0.195 e. The van der Waals surface area contributed by atoms with Crippen molar-refractivity contribution in [1.29, 1.82) is 0 Å². The SMILES string of the molecule is Cc1cc(/C=C/C(=O)c2cccs2)c(C)n1-c1nccs1. The van der Waals surface area contributed by atoms with E-state index in [-0.39, 0.29) is 5.78 Å². The first-order valence-electron chi connectivity index (χ1n) is 6.51. The van der Waals surface area contributed by atoms with Crippen LogP contribution in [0.25, 0.3) is 11.2 Å². The Morgan fingerprint density at radius 3 is 2.81 bits per heavy atom. The maximum atomic E-state index is 12.0. The summed E-state index contributed by atoms with van der Waals surface area (Å²) in [5.41, 5.74) is 3.26. The number of allylic oxidation sites excluding steroid dienone is 1. The molecular weight excluding hydrogens is 300 g/mol. The molecule has 0 amide bonds. The first-order valence-corrected chi connectivity index (χ1v) is 8.27. The van der Waals surface area contributed by atoms with Crippen molar-refractivity contribution >= 4 is 34.5 Å². The van der Waals surface area contributed by atoms with E-state index >= 15 is 0 Å². The summed E-state index contributed by atoms with van der Waals surface area (Å²) < 4.78 is 2.11. The number of carbonyl (C=O) groups excluding carboxylic acids is 1. The lowest BCUT2D eigenvalue weighted by Crippen LogP contribution is -1.98. The Kier molecular flexibility index (Phi) is 3.86. The molecule has 0 bridgehead atoms. The second kappa shape index (κ2) is 5.79. The van der Waals surface area contributed by atoms with Crippen molar-refractivity contribution in [3.8, 4) is 5.13 Å². The van der Waals surface area contributed by atoms with Crippen LogP contribution in [0.15, 0.2) is 41.2 Å². The van der Waals surface area contributed by atoms with E-state index in [1.54, 1.807) is 23.6 Å². The summed E-state index contributed by atoms with van der Waals surface area (Å²) in [6.45, 7) is 4.09. The molecule has 0 radical (unpaired) electrons. The van der Waals surface area contributed by atoms with Crippen molar-refractivity contribution in [3.05, 3.63) is 63.1 Å². The molecule has 0 saturated heterocycles. The number of thiazole rings is 1. The second-order valence-corrected chi connectivity index (χ2v) is 6.47. The van der Waals surface area contributed by atoms with E-state index in [4.69, 9.17) is 0 Å². The van der Waals surface area contributed by atoms with Gasteiger partial charge in [0.2, 0.25) is 0 Å². The maximum Gasteiger partial charge on any atom is 0.195 e. The van der Waals surface area contributed by atoms with Gasteiger partial charge in [-0.3, -0.25) is 9.36 Å². The molecule has 0 spiro atoms. The lowest BCUT2D eigenvalue weighted by atomic mass is 10.2. The van der Waals surface area contributed by atoms with Crippen molar-refractivity contribution in [2.24, 2.45) is 0 Å². The van der Waals surface area contributed by atoms with Crippen LogP contribution >= 0.6 is 22.7 Å². The number of ketones is 1. The molecule has 0 atom stereocenters. The van der Waals surface area contributed by atoms with Crippen LogP contribution in [0.5, 0.6) is 0 Å². The largest absolute Gasteiger partial charge is 0.294 e. The molecule has 3 heterocycles. The van der Waals surface area contributed by atoms with Crippen LogP contribution in [0.2, 0.25) is 0 Å². The molecule has 0 fully saturated rings. The number of aryl methyl sites for hydroxylation is 1. The van der Waals surface area contributed by atoms with E-state index in [0.29, 0.717) is 0 Å². The van der Waals surface area contributed by atoms with Gasteiger partial charge in [0.05, 0.1) is 4.88 Å². The van der Waals surface area contributed by atoms with E-state index in [9.17, 15) is 4.79 Å². The van der Waals surface area contributed by atoms with Gasteiger partial charge < -0.3 is 0 Å². The third-order valence-corrected chi connectivity index (χ3v) is 4.90. The van der Waals surface area contributed by atoms with Gasteiger partial charge in [-0.05, 0) is 49.1 Å². The zero-order valence-corrected chi connectivity index (χ0v) is 13.4. The Hall–Kier alpha value is -1.98. The molecule has 3 nitrogen and oxygen atoms in total. The highest BCUT2D eigenvalue weighted by molar-refractivity contribution is 7.12. The van der Waals surface area contributed by atoms with Crippen LogP contribution in [0.3, 0.4) is 0 Å². The second-order valence-electron chi connectivity index (χ2n) is 4.65. The molecule has 0 aliphatic carbocycles. The molecule has 5 heteroatoms. The zero-order chi connectivity index (χ0) is 14.8. The highest BCUT2D eigenvalue weighted by atomic mass is 32.1. The first kappa shape index (κ1) is 14.0. The maximum absolute atomic E-state index is 12.0. The topological polar surface area (TPSA) is 34.9 Å². The van der Waals surface area contributed by atoms with Gasteiger partial charge in [-0.1, -0.05) is 6.07 Å². The number of rotatable bonds is 4. The van der Waals surface area contributed by atoms with Gasteiger partial charge >= 0.3 is 0 Å². The number of nitrogens with zero attached hydrogens (tertiary/aromatic N) is 2. The van der Waals surface area contributed by atoms with E-state index in [0.717, 1.165) is 27.0 Å². The Bertz CT molecular complexity index is 781. The summed E-state index contributed by atoms with van der Waals surface area (Å²) in [4.78, 5) is 17.1. The Labute approximate surface area is 131 Å². The highest BCUT2D eigenvalue weighted by Crippen LogP contribution is 2.23. The summed E-state index contributed by atoms with van der Waals surface area (Å²) >= 11 is 3.07. The molecule has 3 aromatic rings. The zero-order valence-electron chi connectivity index (χ0n) is 11.7. The van der Waals surface area contributed by atoms with Crippen LogP contribution in [-0.2, 0) is 0 Å². The fourth-order valence-electron chi connectivity index (χ4n) is 2.24. The minimum absolute atomic E-state index is 0.0454. The molecule has 106 valence electrons. The summed E-state index contributed by atoms with van der Waals surface area (Å²) in [6.07, 6.45) is 5.32. The lowest BCUT2D eigenvalue weighted by Gasteiger charge is -2.04. The van der Waals surface area contributed by atoms with Crippen molar-refractivity contribution in [2.45, 2.75) is 13.8 Å². The summed E-state index contributed by atoms with van der Waals surface area (Å²) in [7, 11) is 0. The molecule has 0 saturated carbocycles. The van der Waals surface area contributed by atoms with Crippen LogP contribution in [0, 0.1) is 13.8 Å². The van der Waals surface area contributed by atoms with Crippen molar-refractivity contribution in [1.82, 2.24) is 9.55 Å². The highest BCUT2D eigenvalue weighted by Gasteiger charge is 2.11. The number of carbonyl (C=O) groups is 1. The Balaban J connectivity index is 1.91. The minimum atomic E-state index is 0.0454. The molecule has 0 unspecified atom stereocenters. The fraction of sp³-hybridized carbons (Fsp3) is 0.125. The van der Waals surface area contributed by atoms with Crippen LogP contribution in [0.1, 0.15) is 26.6 Å². The van der Waals surface area contributed by atoms with Gasteiger partial charge in [0.25, 0.3) is 0 Å². The molecule has 3 aromatic heterocycles. The normalized spacial score (nSPS) is 11.3. The lowest BCUT2D eigenvalue weighted by molar-refractivity contribution is 0.105. The molecule has 3 rings (SSSR count). The van der Waals surface area contributed by atoms with Crippen LogP contribution in [0.4, 0.5) is 0 Å². The molecular formula is C16H14N2OS2. The van der Waals surface area contributed by atoms with Gasteiger partial charge in [-0.25, -0.2) is 4.98 Å². The fourth-order valence-corrected chi connectivity index (χ4v) is 3.64. The minimum Gasteiger partial charge on any atom is -0.294 e. The molecule has 0 N–H and O–H groups in total. The van der Waals surface area contributed by atoms with E-state index in [1.165, 1.54) is 11.3 Å². The van der Waals surface area contributed by atoms with Gasteiger partial charge in [0.1, 0.15) is 0 Å².